The van der Waals surface area contributed by atoms with Crippen LogP contribution >= 0.6 is 0 Å². The highest BCUT2D eigenvalue weighted by molar-refractivity contribution is 5.73. The van der Waals surface area contributed by atoms with E-state index in [9.17, 15) is 0 Å². The van der Waals surface area contributed by atoms with Gasteiger partial charge in [-0.15, -0.1) is 0 Å². The van der Waals surface area contributed by atoms with Crippen molar-refractivity contribution in [2.45, 2.75) is 13.3 Å². The van der Waals surface area contributed by atoms with Gasteiger partial charge in [0.25, 0.3) is 0 Å². The number of hydrogen-bond donors (Lipinski definition) is 1. The molecule has 0 spiro atoms. The van der Waals surface area contributed by atoms with E-state index in [1.807, 2.05) is 12.1 Å². The van der Waals surface area contributed by atoms with Crippen LogP contribution in [0.2, 0.25) is 0 Å². The minimum absolute atomic E-state index is 0.659. The van der Waals surface area contributed by atoms with E-state index in [4.69, 9.17) is 0 Å². The fourth-order valence-corrected chi connectivity index (χ4v) is 1.85. The van der Waals surface area contributed by atoms with Crippen LogP contribution in [0.5, 0.6) is 0 Å². The summed E-state index contributed by atoms with van der Waals surface area (Å²) in [5.41, 5.74) is 2.59. The van der Waals surface area contributed by atoms with E-state index in [1.165, 1.54) is 0 Å². The Hall–Kier alpha value is -2.49. The van der Waals surface area contributed by atoms with Gasteiger partial charge in [0.2, 0.25) is 0 Å². The summed E-state index contributed by atoms with van der Waals surface area (Å²) in [6.07, 6.45) is 7.96. The molecule has 0 saturated carbocycles. The van der Waals surface area contributed by atoms with Gasteiger partial charge in [0.1, 0.15) is 5.82 Å². The van der Waals surface area contributed by atoms with Crippen LogP contribution in [0.15, 0.2) is 37.7 Å². The molecule has 0 amide bonds. The van der Waals surface area contributed by atoms with Crippen molar-refractivity contribution in [1.29, 1.82) is 0 Å². The van der Waals surface area contributed by atoms with Gasteiger partial charge in [-0.25, -0.2) is 9.97 Å². The van der Waals surface area contributed by atoms with Crippen LogP contribution in [0.4, 0.5) is 5.82 Å². The highest BCUT2D eigenvalue weighted by Crippen LogP contribution is 2.23. The second-order valence-corrected chi connectivity index (χ2v) is 4.27. The van der Waals surface area contributed by atoms with E-state index in [1.54, 1.807) is 24.5 Å². The minimum atomic E-state index is 0.659. The number of anilines is 1. The zero-order chi connectivity index (χ0) is 14.4. The predicted molar refractivity (Wildman–Crippen MR) is 84.2 cm³/mol. The monoisotopic (exact) mass is 266 g/mol. The second kappa shape index (κ2) is 6.61. The van der Waals surface area contributed by atoms with Gasteiger partial charge in [0.15, 0.2) is 5.82 Å². The fraction of sp³-hybridized carbons (Fsp3) is 0.188. The molecule has 0 aromatic carbocycles. The Kier molecular flexibility index (Phi) is 4.60. The molecule has 0 aliphatic carbocycles. The third-order valence-corrected chi connectivity index (χ3v) is 2.85. The maximum absolute atomic E-state index is 4.59. The Morgan fingerprint density at radius 3 is 2.50 bits per heavy atom. The third kappa shape index (κ3) is 2.91. The molecule has 2 aromatic heterocycles. The number of nitrogens with zero attached hydrogens (tertiary/aromatic N) is 3. The summed E-state index contributed by atoms with van der Waals surface area (Å²) in [7, 11) is 0. The first kappa shape index (κ1) is 13.9. The largest absolute Gasteiger partial charge is 0.369 e. The molecule has 0 aliphatic rings. The van der Waals surface area contributed by atoms with Crippen molar-refractivity contribution in [3.05, 3.63) is 48.9 Å². The van der Waals surface area contributed by atoms with E-state index in [0.29, 0.717) is 5.82 Å². The number of pyridine rings is 1. The number of rotatable bonds is 6. The summed E-state index contributed by atoms with van der Waals surface area (Å²) in [5, 5.41) is 3.31. The Morgan fingerprint density at radius 2 is 1.90 bits per heavy atom. The topological polar surface area (TPSA) is 50.7 Å². The van der Waals surface area contributed by atoms with Crippen LogP contribution in [-0.4, -0.2) is 21.5 Å². The quantitative estimate of drug-likeness (QED) is 0.867. The molecule has 2 aromatic rings. The Bertz CT molecular complexity index is 605. The van der Waals surface area contributed by atoms with Gasteiger partial charge >= 0.3 is 0 Å². The summed E-state index contributed by atoms with van der Waals surface area (Å²) in [4.78, 5) is 13.1. The van der Waals surface area contributed by atoms with Crippen LogP contribution in [0, 0.1) is 0 Å². The van der Waals surface area contributed by atoms with Crippen molar-refractivity contribution in [1.82, 2.24) is 15.0 Å². The molecule has 1 N–H and O–H groups in total. The molecule has 2 rings (SSSR count). The third-order valence-electron chi connectivity index (χ3n) is 2.85. The normalized spacial score (nSPS) is 10.1. The van der Waals surface area contributed by atoms with Gasteiger partial charge in [0.05, 0.1) is 5.69 Å². The summed E-state index contributed by atoms with van der Waals surface area (Å²) in [6, 6.07) is 3.78. The average Bonchev–Trinajstić information content (AvgIpc) is 2.52. The van der Waals surface area contributed by atoms with Gasteiger partial charge in [-0.05, 0) is 24.6 Å². The lowest BCUT2D eigenvalue weighted by atomic mass is 10.1. The molecule has 0 aliphatic heterocycles. The Morgan fingerprint density at radius 1 is 1.15 bits per heavy atom. The van der Waals surface area contributed by atoms with Crippen molar-refractivity contribution >= 4 is 18.0 Å². The Balaban J connectivity index is 2.54. The van der Waals surface area contributed by atoms with Crippen molar-refractivity contribution in [2.24, 2.45) is 0 Å². The van der Waals surface area contributed by atoms with E-state index in [0.717, 1.165) is 35.6 Å². The maximum atomic E-state index is 4.59. The fourth-order valence-electron chi connectivity index (χ4n) is 1.85. The molecule has 4 nitrogen and oxygen atoms in total. The average molecular weight is 266 g/mol. The Labute approximate surface area is 119 Å². The van der Waals surface area contributed by atoms with Gasteiger partial charge in [-0.2, -0.15) is 0 Å². The maximum Gasteiger partial charge on any atom is 0.162 e. The molecule has 4 heteroatoms. The highest BCUT2D eigenvalue weighted by Gasteiger charge is 2.11. The van der Waals surface area contributed by atoms with Crippen LogP contribution in [0.1, 0.15) is 24.6 Å². The van der Waals surface area contributed by atoms with E-state index in [-0.39, 0.29) is 0 Å². The van der Waals surface area contributed by atoms with Gasteiger partial charge < -0.3 is 5.32 Å². The first-order valence-corrected chi connectivity index (χ1v) is 6.61. The molecule has 0 radical (unpaired) electrons. The standard InChI is InChI=1S/C16H18N4/c1-4-9-18-16-13(5-2)14(6-3)19-15(20-16)12-7-10-17-11-8-12/h5-8,10-11H,2-4,9H2,1H3,(H,18,19,20). The van der Waals surface area contributed by atoms with E-state index in [2.05, 4.69) is 40.4 Å². The van der Waals surface area contributed by atoms with E-state index < -0.39 is 0 Å². The van der Waals surface area contributed by atoms with Crippen LogP contribution < -0.4 is 5.32 Å². The van der Waals surface area contributed by atoms with E-state index >= 15 is 0 Å². The molecule has 0 saturated heterocycles. The number of hydrogen-bond acceptors (Lipinski definition) is 4. The molecule has 2 heterocycles. The SMILES string of the molecule is C=Cc1nc(-c2ccncc2)nc(NCCC)c1C=C. The lowest BCUT2D eigenvalue weighted by molar-refractivity contribution is 0.963. The van der Waals surface area contributed by atoms with Crippen LogP contribution in [0.3, 0.4) is 0 Å². The van der Waals surface area contributed by atoms with Crippen molar-refractivity contribution in [3.63, 3.8) is 0 Å². The van der Waals surface area contributed by atoms with Crippen molar-refractivity contribution in [2.75, 3.05) is 11.9 Å². The minimum Gasteiger partial charge on any atom is -0.369 e. The molecule has 102 valence electrons. The summed E-state index contributed by atoms with van der Waals surface area (Å²) in [5.74, 6) is 1.45. The highest BCUT2D eigenvalue weighted by atomic mass is 15.0. The zero-order valence-corrected chi connectivity index (χ0v) is 11.6. The van der Waals surface area contributed by atoms with Crippen LogP contribution in [0.25, 0.3) is 23.5 Å². The molecule has 20 heavy (non-hydrogen) atoms. The van der Waals surface area contributed by atoms with Gasteiger partial charge in [-0.1, -0.05) is 26.2 Å². The lowest BCUT2D eigenvalue weighted by Crippen LogP contribution is -2.07. The molecule has 0 unspecified atom stereocenters. The van der Waals surface area contributed by atoms with Gasteiger partial charge in [-0.3, -0.25) is 4.98 Å². The second-order valence-electron chi connectivity index (χ2n) is 4.27. The molecule has 0 atom stereocenters. The van der Waals surface area contributed by atoms with Crippen molar-refractivity contribution < 1.29 is 0 Å². The van der Waals surface area contributed by atoms with Gasteiger partial charge in [0, 0.05) is 30.1 Å². The smallest absolute Gasteiger partial charge is 0.162 e. The summed E-state index contributed by atoms with van der Waals surface area (Å²) < 4.78 is 0. The molecule has 0 bridgehead atoms. The predicted octanol–water partition coefficient (Wildman–Crippen LogP) is 3.65. The number of nitrogens with one attached hydrogen (secondary N) is 1. The first-order valence-electron chi connectivity index (χ1n) is 6.61. The molecule has 0 fully saturated rings. The van der Waals surface area contributed by atoms with Crippen LogP contribution in [-0.2, 0) is 0 Å². The number of aromatic nitrogens is 3. The van der Waals surface area contributed by atoms with Crippen molar-refractivity contribution in [3.8, 4) is 11.4 Å². The molecular formula is C16H18N4. The summed E-state index contributed by atoms with van der Waals surface area (Å²) in [6.45, 7) is 10.6. The lowest BCUT2D eigenvalue weighted by Gasteiger charge is -2.12. The summed E-state index contributed by atoms with van der Waals surface area (Å²) >= 11 is 0. The molecular weight excluding hydrogens is 248 g/mol. The zero-order valence-electron chi connectivity index (χ0n) is 11.6. The first-order chi connectivity index (χ1) is 9.80.